The van der Waals surface area contributed by atoms with Crippen molar-refractivity contribution in [2.75, 3.05) is 7.11 Å². The Bertz CT molecular complexity index is 334. The summed E-state index contributed by atoms with van der Waals surface area (Å²) in [5.41, 5.74) is 1.32. The smallest absolute Gasteiger partial charge is 0.118 e. The molecule has 0 heterocycles. The molecule has 0 saturated heterocycles. The van der Waals surface area contributed by atoms with E-state index in [4.69, 9.17) is 4.74 Å². The average Bonchev–Trinajstić information content (AvgIpc) is 2.43. The van der Waals surface area contributed by atoms with Crippen molar-refractivity contribution in [2.24, 2.45) is 0 Å². The molecule has 0 aliphatic carbocycles. The maximum absolute atomic E-state index is 5.19. The van der Waals surface area contributed by atoms with Crippen LogP contribution in [0.15, 0.2) is 24.3 Å². The van der Waals surface area contributed by atoms with Gasteiger partial charge in [-0.25, -0.2) is 0 Å². The molecule has 1 aromatic carbocycles. The van der Waals surface area contributed by atoms with Crippen molar-refractivity contribution in [3.63, 3.8) is 0 Å². The molecule has 0 amide bonds. The van der Waals surface area contributed by atoms with Gasteiger partial charge in [-0.15, -0.1) is 0 Å². The molecule has 2 unspecified atom stereocenters. The Kier molecular flexibility index (Phi) is 7.57. The zero-order valence-corrected chi connectivity index (χ0v) is 12.9. The van der Waals surface area contributed by atoms with E-state index < -0.39 is 0 Å². The number of rotatable bonds is 9. The second-order valence-corrected chi connectivity index (χ2v) is 5.41. The minimum atomic E-state index is 0.395. The highest BCUT2D eigenvalue weighted by molar-refractivity contribution is 5.28. The molecule has 0 radical (unpaired) electrons. The first kappa shape index (κ1) is 16.0. The van der Waals surface area contributed by atoms with Crippen LogP contribution in [-0.2, 0) is 0 Å². The molecule has 19 heavy (non-hydrogen) atoms. The van der Waals surface area contributed by atoms with E-state index in [0.717, 1.165) is 5.75 Å². The van der Waals surface area contributed by atoms with E-state index in [2.05, 4.69) is 38.2 Å². The lowest BCUT2D eigenvalue weighted by Crippen LogP contribution is -2.28. The zero-order valence-electron chi connectivity index (χ0n) is 12.9. The van der Waals surface area contributed by atoms with Crippen LogP contribution in [0.2, 0.25) is 0 Å². The van der Waals surface area contributed by atoms with Crippen molar-refractivity contribution in [2.45, 2.75) is 65.0 Å². The van der Waals surface area contributed by atoms with Crippen LogP contribution in [0, 0.1) is 0 Å². The van der Waals surface area contributed by atoms with Gasteiger partial charge >= 0.3 is 0 Å². The van der Waals surface area contributed by atoms with E-state index in [9.17, 15) is 0 Å². The van der Waals surface area contributed by atoms with Crippen LogP contribution in [-0.4, -0.2) is 13.2 Å². The second kappa shape index (κ2) is 8.98. The van der Waals surface area contributed by atoms with Crippen LogP contribution in [0.5, 0.6) is 5.75 Å². The molecule has 2 heteroatoms. The highest BCUT2D eigenvalue weighted by Gasteiger charge is 2.09. The van der Waals surface area contributed by atoms with Gasteiger partial charge in [0.1, 0.15) is 5.75 Å². The first-order valence-corrected chi connectivity index (χ1v) is 7.57. The van der Waals surface area contributed by atoms with Crippen LogP contribution in [0.1, 0.15) is 64.5 Å². The van der Waals surface area contributed by atoms with Crippen molar-refractivity contribution in [1.29, 1.82) is 0 Å². The maximum Gasteiger partial charge on any atom is 0.118 e. The fraction of sp³-hybridized carbons (Fsp3) is 0.647. The monoisotopic (exact) mass is 263 g/mol. The molecule has 0 spiro atoms. The number of methoxy groups -OCH3 is 1. The van der Waals surface area contributed by atoms with Crippen molar-refractivity contribution in [3.8, 4) is 5.75 Å². The van der Waals surface area contributed by atoms with Gasteiger partial charge in [-0.1, -0.05) is 44.7 Å². The molecule has 0 aliphatic heterocycles. The fourth-order valence-corrected chi connectivity index (χ4v) is 2.38. The van der Waals surface area contributed by atoms with Crippen LogP contribution in [0.25, 0.3) is 0 Å². The largest absolute Gasteiger partial charge is 0.497 e. The Morgan fingerprint density at radius 3 is 2.32 bits per heavy atom. The molecule has 2 atom stereocenters. The summed E-state index contributed by atoms with van der Waals surface area (Å²) in [6.07, 6.45) is 6.63. The molecule has 0 aliphatic rings. The minimum absolute atomic E-state index is 0.395. The first-order chi connectivity index (χ1) is 9.17. The van der Waals surface area contributed by atoms with Crippen molar-refractivity contribution in [3.05, 3.63) is 29.8 Å². The summed E-state index contributed by atoms with van der Waals surface area (Å²) in [4.78, 5) is 0. The van der Waals surface area contributed by atoms with E-state index in [0.29, 0.717) is 12.1 Å². The topological polar surface area (TPSA) is 21.3 Å². The SMILES string of the molecule is CCCCCCC(C)NC(C)c1ccc(OC)cc1. The molecular formula is C17H29NO. The molecule has 0 fully saturated rings. The summed E-state index contributed by atoms with van der Waals surface area (Å²) in [6.45, 7) is 6.77. The summed E-state index contributed by atoms with van der Waals surface area (Å²) in [5, 5.41) is 3.67. The van der Waals surface area contributed by atoms with Gasteiger partial charge in [-0.3, -0.25) is 0 Å². The van der Waals surface area contributed by atoms with Crippen LogP contribution >= 0.6 is 0 Å². The molecule has 1 aromatic rings. The number of benzene rings is 1. The lowest BCUT2D eigenvalue weighted by molar-refractivity contribution is 0.413. The third-order valence-electron chi connectivity index (χ3n) is 3.64. The molecule has 0 bridgehead atoms. The number of nitrogens with one attached hydrogen (secondary N) is 1. The van der Waals surface area contributed by atoms with Gasteiger partial charge in [-0.2, -0.15) is 0 Å². The average molecular weight is 263 g/mol. The summed E-state index contributed by atoms with van der Waals surface area (Å²) in [5.74, 6) is 0.920. The predicted molar refractivity (Wildman–Crippen MR) is 82.8 cm³/mol. The molecule has 0 aromatic heterocycles. The highest BCUT2D eigenvalue weighted by Crippen LogP contribution is 2.18. The van der Waals surface area contributed by atoms with Crippen molar-refractivity contribution < 1.29 is 4.74 Å². The van der Waals surface area contributed by atoms with Crippen LogP contribution in [0.4, 0.5) is 0 Å². The molecule has 1 N–H and O–H groups in total. The van der Waals surface area contributed by atoms with E-state index in [1.807, 2.05) is 12.1 Å². The fourth-order valence-electron chi connectivity index (χ4n) is 2.38. The lowest BCUT2D eigenvalue weighted by atomic mass is 10.0. The highest BCUT2D eigenvalue weighted by atomic mass is 16.5. The van der Waals surface area contributed by atoms with Gasteiger partial charge in [0.15, 0.2) is 0 Å². The summed E-state index contributed by atoms with van der Waals surface area (Å²) in [6, 6.07) is 9.31. The molecule has 1 rings (SSSR count). The van der Waals surface area contributed by atoms with Crippen molar-refractivity contribution in [1.82, 2.24) is 5.32 Å². The Morgan fingerprint density at radius 2 is 1.74 bits per heavy atom. The molecule has 0 saturated carbocycles. The number of ether oxygens (including phenoxy) is 1. The Morgan fingerprint density at radius 1 is 1.05 bits per heavy atom. The van der Waals surface area contributed by atoms with Crippen molar-refractivity contribution >= 4 is 0 Å². The van der Waals surface area contributed by atoms with Gasteiger partial charge in [0.25, 0.3) is 0 Å². The van der Waals surface area contributed by atoms with Crippen LogP contribution < -0.4 is 10.1 Å². The second-order valence-electron chi connectivity index (χ2n) is 5.41. The molecule has 2 nitrogen and oxygen atoms in total. The molecular weight excluding hydrogens is 234 g/mol. The number of unbranched alkanes of at least 4 members (excludes halogenated alkanes) is 3. The standard InChI is InChI=1S/C17H29NO/c1-5-6-7-8-9-14(2)18-15(3)16-10-12-17(19-4)13-11-16/h10-15,18H,5-9H2,1-4H3. The quantitative estimate of drug-likeness (QED) is 0.652. The third-order valence-corrected chi connectivity index (χ3v) is 3.64. The van der Waals surface area contributed by atoms with Gasteiger partial charge in [0.05, 0.1) is 7.11 Å². The first-order valence-electron chi connectivity index (χ1n) is 7.57. The van der Waals surface area contributed by atoms with E-state index >= 15 is 0 Å². The van der Waals surface area contributed by atoms with E-state index in [1.54, 1.807) is 7.11 Å². The number of hydrogen-bond acceptors (Lipinski definition) is 2. The van der Waals surface area contributed by atoms with Gasteiger partial charge in [0, 0.05) is 12.1 Å². The van der Waals surface area contributed by atoms with E-state index in [-0.39, 0.29) is 0 Å². The van der Waals surface area contributed by atoms with Gasteiger partial charge < -0.3 is 10.1 Å². The predicted octanol–water partition coefficient (Wildman–Crippen LogP) is 4.70. The maximum atomic E-state index is 5.19. The Balaban J connectivity index is 2.33. The third kappa shape index (κ3) is 6.11. The van der Waals surface area contributed by atoms with E-state index in [1.165, 1.54) is 37.7 Å². The Labute approximate surface area is 118 Å². The van der Waals surface area contributed by atoms with Crippen LogP contribution in [0.3, 0.4) is 0 Å². The minimum Gasteiger partial charge on any atom is -0.497 e. The van der Waals surface area contributed by atoms with Gasteiger partial charge in [0.2, 0.25) is 0 Å². The normalized spacial score (nSPS) is 14.1. The number of hydrogen-bond donors (Lipinski definition) is 1. The summed E-state index contributed by atoms with van der Waals surface area (Å²) < 4.78 is 5.19. The molecule has 108 valence electrons. The summed E-state index contributed by atoms with van der Waals surface area (Å²) in [7, 11) is 1.70. The summed E-state index contributed by atoms with van der Waals surface area (Å²) >= 11 is 0. The van der Waals surface area contributed by atoms with Gasteiger partial charge in [-0.05, 0) is 38.0 Å². The lowest BCUT2D eigenvalue weighted by Gasteiger charge is -2.20. The Hall–Kier alpha value is -1.02. The zero-order chi connectivity index (χ0) is 14.1.